The Labute approximate surface area is 114 Å². The second-order valence-electron chi connectivity index (χ2n) is 5.35. The van der Waals surface area contributed by atoms with Crippen molar-refractivity contribution in [3.8, 4) is 11.5 Å². The third-order valence-electron chi connectivity index (χ3n) is 2.45. The molecule has 1 aliphatic heterocycles. The molecule has 0 radical (unpaired) electrons. The summed E-state index contributed by atoms with van der Waals surface area (Å²) in [4.78, 5) is 11.9. The highest BCUT2D eigenvalue weighted by atomic mass is 19.3. The Morgan fingerprint density at radius 3 is 2.60 bits per heavy atom. The average Bonchev–Trinajstić information content (AvgIpc) is 2.59. The molecule has 2 rings (SSSR count). The molecular weight excluding hydrogens is 272 g/mol. The second kappa shape index (κ2) is 4.59. The number of para-hydroxylation sites is 1. The molecule has 5 nitrogen and oxygen atoms in total. The molecule has 1 unspecified atom stereocenters. The molecule has 0 spiro atoms. The van der Waals surface area contributed by atoms with Gasteiger partial charge in [-0.05, 0) is 26.8 Å². The number of esters is 1. The summed E-state index contributed by atoms with van der Waals surface area (Å²) in [6.45, 7) is 5.04. The fraction of sp³-hybridized carbons (Fsp3) is 0.462. The van der Waals surface area contributed by atoms with Crippen LogP contribution in [-0.4, -0.2) is 17.9 Å². The lowest BCUT2D eigenvalue weighted by Gasteiger charge is -2.22. The van der Waals surface area contributed by atoms with Crippen LogP contribution in [-0.2, 0) is 9.53 Å². The summed E-state index contributed by atoms with van der Waals surface area (Å²) in [6, 6.07) is 2.93. The number of rotatable bonds is 2. The molecule has 1 atom stereocenters. The van der Waals surface area contributed by atoms with Gasteiger partial charge in [0.15, 0.2) is 11.5 Å². The Bertz CT molecular complexity index is 540. The maximum absolute atomic E-state index is 13.1. The standard InChI is InChI=1S/C13H15F2NO4/c1-12(2,3)20-11(17)9(16)7-5-4-6-8-10(7)19-13(14,15)18-8/h4-6,9H,16H2,1-3H3. The van der Waals surface area contributed by atoms with Crippen LogP contribution in [0.15, 0.2) is 18.2 Å². The molecule has 110 valence electrons. The lowest BCUT2D eigenvalue weighted by atomic mass is 10.1. The molecule has 1 aromatic rings. The van der Waals surface area contributed by atoms with E-state index >= 15 is 0 Å². The molecule has 1 heterocycles. The number of fused-ring (bicyclic) bond motifs is 1. The van der Waals surface area contributed by atoms with Gasteiger partial charge in [0.1, 0.15) is 11.6 Å². The number of hydrogen-bond acceptors (Lipinski definition) is 5. The van der Waals surface area contributed by atoms with Crippen molar-refractivity contribution in [1.82, 2.24) is 0 Å². The van der Waals surface area contributed by atoms with Crippen molar-refractivity contribution >= 4 is 5.97 Å². The van der Waals surface area contributed by atoms with Crippen LogP contribution >= 0.6 is 0 Å². The summed E-state index contributed by atoms with van der Waals surface area (Å²) < 4.78 is 39.9. The number of carbonyl (C=O) groups is 1. The zero-order chi connectivity index (χ0) is 15.1. The molecular formula is C13H15F2NO4. The van der Waals surface area contributed by atoms with Gasteiger partial charge < -0.3 is 19.9 Å². The smallest absolute Gasteiger partial charge is 0.459 e. The zero-order valence-corrected chi connectivity index (χ0v) is 11.3. The van der Waals surface area contributed by atoms with Crippen molar-refractivity contribution in [1.29, 1.82) is 0 Å². The summed E-state index contributed by atoms with van der Waals surface area (Å²) in [5.74, 6) is -1.13. The summed E-state index contributed by atoms with van der Waals surface area (Å²) in [6.07, 6.45) is -3.76. The number of hydrogen-bond donors (Lipinski definition) is 1. The fourth-order valence-electron chi connectivity index (χ4n) is 1.73. The van der Waals surface area contributed by atoms with Gasteiger partial charge in [-0.3, -0.25) is 0 Å². The fourth-order valence-corrected chi connectivity index (χ4v) is 1.73. The number of carbonyl (C=O) groups excluding carboxylic acids is 1. The number of alkyl halides is 2. The van der Waals surface area contributed by atoms with Gasteiger partial charge in [-0.1, -0.05) is 12.1 Å². The van der Waals surface area contributed by atoms with E-state index in [1.54, 1.807) is 20.8 Å². The molecule has 0 bridgehead atoms. The van der Waals surface area contributed by atoms with Crippen LogP contribution in [0.1, 0.15) is 32.4 Å². The van der Waals surface area contributed by atoms with E-state index in [-0.39, 0.29) is 17.1 Å². The highest BCUT2D eigenvalue weighted by molar-refractivity contribution is 5.79. The Morgan fingerprint density at radius 1 is 1.35 bits per heavy atom. The van der Waals surface area contributed by atoms with E-state index in [1.165, 1.54) is 18.2 Å². The molecule has 1 aliphatic rings. The van der Waals surface area contributed by atoms with Gasteiger partial charge in [-0.15, -0.1) is 8.78 Å². The van der Waals surface area contributed by atoms with E-state index in [0.717, 1.165) is 0 Å². The summed E-state index contributed by atoms with van der Waals surface area (Å²) in [5.41, 5.74) is 5.12. The lowest BCUT2D eigenvalue weighted by molar-refractivity contribution is -0.287. The number of ether oxygens (including phenoxy) is 3. The third-order valence-corrected chi connectivity index (χ3v) is 2.45. The van der Waals surface area contributed by atoms with E-state index in [1.807, 2.05) is 0 Å². The zero-order valence-electron chi connectivity index (χ0n) is 11.3. The van der Waals surface area contributed by atoms with Gasteiger partial charge in [0.2, 0.25) is 0 Å². The molecule has 2 N–H and O–H groups in total. The van der Waals surface area contributed by atoms with Crippen LogP contribution in [0.25, 0.3) is 0 Å². The van der Waals surface area contributed by atoms with E-state index < -0.39 is 23.9 Å². The monoisotopic (exact) mass is 287 g/mol. The molecule has 0 saturated carbocycles. The van der Waals surface area contributed by atoms with Gasteiger partial charge in [0.05, 0.1) is 0 Å². The van der Waals surface area contributed by atoms with Crippen molar-refractivity contribution in [2.45, 2.75) is 38.7 Å². The number of benzene rings is 1. The molecule has 20 heavy (non-hydrogen) atoms. The van der Waals surface area contributed by atoms with E-state index in [9.17, 15) is 13.6 Å². The Kier molecular flexibility index (Phi) is 3.33. The predicted molar refractivity (Wildman–Crippen MR) is 65.4 cm³/mol. The number of nitrogens with two attached hydrogens (primary N) is 1. The summed E-state index contributed by atoms with van der Waals surface area (Å²) in [5, 5.41) is 0. The molecule has 1 aromatic carbocycles. The summed E-state index contributed by atoms with van der Waals surface area (Å²) in [7, 11) is 0. The molecule has 0 fully saturated rings. The summed E-state index contributed by atoms with van der Waals surface area (Å²) >= 11 is 0. The lowest BCUT2D eigenvalue weighted by Crippen LogP contribution is -2.32. The first-order valence-corrected chi connectivity index (χ1v) is 5.96. The average molecular weight is 287 g/mol. The van der Waals surface area contributed by atoms with Crippen molar-refractivity contribution in [3.63, 3.8) is 0 Å². The Hall–Kier alpha value is -1.89. The van der Waals surface area contributed by atoms with Crippen LogP contribution < -0.4 is 15.2 Å². The molecule has 0 aromatic heterocycles. The first-order chi connectivity index (χ1) is 9.09. The highest BCUT2D eigenvalue weighted by Gasteiger charge is 2.45. The highest BCUT2D eigenvalue weighted by Crippen LogP contribution is 2.44. The van der Waals surface area contributed by atoms with Gasteiger partial charge in [0.25, 0.3) is 0 Å². The molecule has 0 aliphatic carbocycles. The predicted octanol–water partition coefficient (Wildman–Crippen LogP) is 2.35. The van der Waals surface area contributed by atoms with Crippen LogP contribution in [0.2, 0.25) is 0 Å². The van der Waals surface area contributed by atoms with E-state index in [4.69, 9.17) is 10.5 Å². The second-order valence-corrected chi connectivity index (χ2v) is 5.35. The Balaban J connectivity index is 2.27. The maximum atomic E-state index is 13.1. The number of halogens is 2. The minimum atomic E-state index is -3.76. The van der Waals surface area contributed by atoms with Crippen molar-refractivity contribution < 1.29 is 27.8 Å². The van der Waals surface area contributed by atoms with Crippen molar-refractivity contribution in [2.24, 2.45) is 5.73 Å². The van der Waals surface area contributed by atoms with Crippen molar-refractivity contribution in [2.75, 3.05) is 0 Å². The minimum Gasteiger partial charge on any atom is -0.459 e. The topological polar surface area (TPSA) is 70.8 Å². The van der Waals surface area contributed by atoms with Crippen LogP contribution in [0.4, 0.5) is 8.78 Å². The minimum absolute atomic E-state index is 0.0916. The van der Waals surface area contributed by atoms with Crippen LogP contribution in [0, 0.1) is 0 Å². The van der Waals surface area contributed by atoms with E-state index in [0.29, 0.717) is 0 Å². The quantitative estimate of drug-likeness (QED) is 0.845. The van der Waals surface area contributed by atoms with Gasteiger partial charge >= 0.3 is 12.3 Å². The Morgan fingerprint density at radius 2 is 2.00 bits per heavy atom. The van der Waals surface area contributed by atoms with Gasteiger partial charge in [-0.2, -0.15) is 0 Å². The first-order valence-electron chi connectivity index (χ1n) is 5.96. The molecule has 0 amide bonds. The largest absolute Gasteiger partial charge is 0.586 e. The normalized spacial score (nSPS) is 17.7. The SMILES string of the molecule is CC(C)(C)OC(=O)C(N)c1cccc2c1OC(F)(F)O2. The van der Waals surface area contributed by atoms with Crippen LogP contribution in [0.3, 0.4) is 0 Å². The van der Waals surface area contributed by atoms with Gasteiger partial charge in [-0.25, -0.2) is 4.79 Å². The maximum Gasteiger partial charge on any atom is 0.586 e. The molecule has 7 heteroatoms. The van der Waals surface area contributed by atoms with E-state index in [2.05, 4.69) is 9.47 Å². The van der Waals surface area contributed by atoms with Crippen LogP contribution in [0.5, 0.6) is 11.5 Å². The van der Waals surface area contributed by atoms with Crippen molar-refractivity contribution in [3.05, 3.63) is 23.8 Å². The first kappa shape index (κ1) is 14.5. The molecule has 0 saturated heterocycles. The third kappa shape index (κ3) is 2.98. The van der Waals surface area contributed by atoms with Gasteiger partial charge in [0, 0.05) is 5.56 Å².